The Morgan fingerprint density at radius 3 is 2.86 bits per heavy atom. The molecule has 1 saturated heterocycles. The lowest BCUT2D eigenvalue weighted by Crippen LogP contribution is -2.47. The Hall–Kier alpha value is -2.50. The Balaban J connectivity index is 2.29. The van der Waals surface area contributed by atoms with E-state index in [-0.39, 0.29) is 24.7 Å². The van der Waals surface area contributed by atoms with Crippen LogP contribution in [0, 0.1) is 5.41 Å². The standard InChI is InChI=1S/C15H17N3O3/c1-9(16)14-10(7-8-19)3-2-4-11(14)17-12-5-6-13(20)18-15(12)21/h2-4,8,12,16-17H,5-7H2,1H3,(H,18,20,21). The highest BCUT2D eigenvalue weighted by Gasteiger charge is 2.27. The smallest absolute Gasteiger partial charge is 0.249 e. The van der Waals surface area contributed by atoms with Gasteiger partial charge in [-0.2, -0.15) is 0 Å². The quantitative estimate of drug-likeness (QED) is 0.428. The van der Waals surface area contributed by atoms with Crippen LogP contribution >= 0.6 is 0 Å². The van der Waals surface area contributed by atoms with E-state index < -0.39 is 6.04 Å². The number of hydrogen-bond donors (Lipinski definition) is 3. The summed E-state index contributed by atoms with van der Waals surface area (Å²) in [4.78, 5) is 33.7. The van der Waals surface area contributed by atoms with Gasteiger partial charge in [0.1, 0.15) is 12.3 Å². The molecule has 1 aliphatic rings. The van der Waals surface area contributed by atoms with Gasteiger partial charge in [0.15, 0.2) is 0 Å². The average molecular weight is 287 g/mol. The molecule has 0 aromatic heterocycles. The Morgan fingerprint density at radius 1 is 1.48 bits per heavy atom. The zero-order valence-electron chi connectivity index (χ0n) is 11.7. The maximum absolute atomic E-state index is 11.8. The zero-order chi connectivity index (χ0) is 15.4. The van der Waals surface area contributed by atoms with Crippen molar-refractivity contribution in [2.45, 2.75) is 32.2 Å². The van der Waals surface area contributed by atoms with E-state index >= 15 is 0 Å². The Bertz CT molecular complexity index is 610. The van der Waals surface area contributed by atoms with Crippen molar-refractivity contribution in [3.05, 3.63) is 29.3 Å². The maximum atomic E-state index is 11.8. The van der Waals surface area contributed by atoms with E-state index in [1.165, 1.54) is 0 Å². The highest BCUT2D eigenvalue weighted by atomic mass is 16.2. The fourth-order valence-electron chi connectivity index (χ4n) is 2.44. The number of hydrogen-bond acceptors (Lipinski definition) is 5. The monoisotopic (exact) mass is 287 g/mol. The van der Waals surface area contributed by atoms with Crippen LogP contribution in [0.25, 0.3) is 0 Å². The van der Waals surface area contributed by atoms with E-state index in [9.17, 15) is 14.4 Å². The Kier molecular flexibility index (Phi) is 4.47. The first-order valence-corrected chi connectivity index (χ1v) is 6.74. The minimum absolute atomic E-state index is 0.219. The summed E-state index contributed by atoms with van der Waals surface area (Å²) < 4.78 is 0. The number of amides is 2. The maximum Gasteiger partial charge on any atom is 0.249 e. The number of carbonyl (C=O) groups excluding carboxylic acids is 3. The van der Waals surface area contributed by atoms with Crippen molar-refractivity contribution >= 4 is 29.5 Å². The van der Waals surface area contributed by atoms with Crippen molar-refractivity contribution in [1.29, 1.82) is 5.41 Å². The molecule has 1 aromatic carbocycles. The Morgan fingerprint density at radius 2 is 2.24 bits per heavy atom. The minimum atomic E-state index is -0.507. The normalized spacial score (nSPS) is 18.0. The number of benzene rings is 1. The zero-order valence-corrected chi connectivity index (χ0v) is 11.7. The predicted octanol–water partition coefficient (Wildman–Crippen LogP) is 1.03. The van der Waals surface area contributed by atoms with Crippen LogP contribution in [0.4, 0.5) is 5.69 Å². The third kappa shape index (κ3) is 3.34. The van der Waals surface area contributed by atoms with Crippen molar-refractivity contribution in [3.8, 4) is 0 Å². The molecule has 6 heteroatoms. The molecule has 0 saturated carbocycles. The van der Waals surface area contributed by atoms with Gasteiger partial charge in [0.25, 0.3) is 0 Å². The lowest BCUT2D eigenvalue weighted by molar-refractivity contribution is -0.133. The summed E-state index contributed by atoms with van der Waals surface area (Å²) in [5.41, 5.74) is 2.34. The second-order valence-corrected chi connectivity index (χ2v) is 4.98. The summed E-state index contributed by atoms with van der Waals surface area (Å²) in [6.07, 6.45) is 1.71. The molecule has 1 unspecified atom stereocenters. The number of piperidine rings is 1. The van der Waals surface area contributed by atoms with Crippen LogP contribution in [0.1, 0.15) is 30.9 Å². The highest BCUT2D eigenvalue weighted by molar-refractivity contribution is 6.05. The van der Waals surface area contributed by atoms with Gasteiger partial charge < -0.3 is 15.5 Å². The SMILES string of the molecule is CC(=N)c1c(CC=O)cccc1NC1CCC(=O)NC1=O. The van der Waals surface area contributed by atoms with Crippen LogP contribution in [0.3, 0.4) is 0 Å². The van der Waals surface area contributed by atoms with Gasteiger partial charge in [-0.05, 0) is 25.0 Å². The molecule has 2 amide bonds. The van der Waals surface area contributed by atoms with Gasteiger partial charge in [-0.25, -0.2) is 0 Å². The average Bonchev–Trinajstić information content (AvgIpc) is 2.42. The largest absolute Gasteiger partial charge is 0.373 e. The van der Waals surface area contributed by atoms with Crippen molar-refractivity contribution in [1.82, 2.24) is 5.32 Å². The fraction of sp³-hybridized carbons (Fsp3) is 0.333. The van der Waals surface area contributed by atoms with Crippen LogP contribution in [-0.4, -0.2) is 29.9 Å². The molecule has 0 spiro atoms. The summed E-state index contributed by atoms with van der Waals surface area (Å²) in [7, 11) is 0. The number of aldehydes is 1. The number of rotatable bonds is 5. The van der Waals surface area contributed by atoms with Crippen molar-refractivity contribution in [3.63, 3.8) is 0 Å². The predicted molar refractivity (Wildman–Crippen MR) is 78.5 cm³/mol. The van der Waals surface area contributed by atoms with Gasteiger partial charge in [0, 0.05) is 29.8 Å². The van der Waals surface area contributed by atoms with Gasteiger partial charge in [0.2, 0.25) is 11.8 Å². The van der Waals surface area contributed by atoms with Gasteiger partial charge in [-0.3, -0.25) is 14.9 Å². The van der Waals surface area contributed by atoms with E-state index in [1.807, 2.05) is 0 Å². The van der Waals surface area contributed by atoms with E-state index in [4.69, 9.17) is 5.41 Å². The molecule has 21 heavy (non-hydrogen) atoms. The molecule has 1 atom stereocenters. The Labute approximate surface area is 122 Å². The van der Waals surface area contributed by atoms with Gasteiger partial charge in [0.05, 0.1) is 0 Å². The molecule has 0 bridgehead atoms. The summed E-state index contributed by atoms with van der Waals surface area (Å²) in [6, 6.07) is 4.83. The molecule has 1 fully saturated rings. The highest BCUT2D eigenvalue weighted by Crippen LogP contribution is 2.23. The first kappa shape index (κ1) is 14.9. The van der Waals surface area contributed by atoms with Gasteiger partial charge in [-0.1, -0.05) is 12.1 Å². The fourth-order valence-corrected chi connectivity index (χ4v) is 2.44. The molecule has 3 N–H and O–H groups in total. The number of anilines is 1. The second-order valence-electron chi connectivity index (χ2n) is 4.98. The molecule has 1 aliphatic heterocycles. The summed E-state index contributed by atoms with van der Waals surface area (Å²) in [5, 5.41) is 13.3. The number of nitrogens with one attached hydrogen (secondary N) is 3. The lowest BCUT2D eigenvalue weighted by Gasteiger charge is -2.24. The third-order valence-corrected chi connectivity index (χ3v) is 3.40. The van der Waals surface area contributed by atoms with Crippen molar-refractivity contribution < 1.29 is 14.4 Å². The minimum Gasteiger partial charge on any atom is -0.373 e. The molecule has 6 nitrogen and oxygen atoms in total. The molecule has 0 aliphatic carbocycles. The van der Waals surface area contributed by atoms with Crippen LogP contribution in [-0.2, 0) is 20.8 Å². The molecular weight excluding hydrogens is 270 g/mol. The summed E-state index contributed by atoms with van der Waals surface area (Å²) in [5.74, 6) is -0.628. The molecule has 1 heterocycles. The van der Waals surface area contributed by atoms with Crippen LogP contribution in [0.2, 0.25) is 0 Å². The topological polar surface area (TPSA) is 99.1 Å². The van der Waals surface area contributed by atoms with Crippen LogP contribution in [0.15, 0.2) is 18.2 Å². The molecule has 1 aromatic rings. The molecular formula is C15H17N3O3. The first-order valence-electron chi connectivity index (χ1n) is 6.74. The van der Waals surface area contributed by atoms with Gasteiger partial charge in [-0.15, -0.1) is 0 Å². The lowest BCUT2D eigenvalue weighted by atomic mass is 9.98. The molecule has 2 rings (SSSR count). The first-order chi connectivity index (χ1) is 10.0. The van der Waals surface area contributed by atoms with Crippen molar-refractivity contribution in [2.24, 2.45) is 0 Å². The second kappa shape index (κ2) is 6.30. The number of carbonyl (C=O) groups is 3. The van der Waals surface area contributed by atoms with E-state index in [0.717, 1.165) is 11.8 Å². The number of imide groups is 1. The van der Waals surface area contributed by atoms with Gasteiger partial charge >= 0.3 is 0 Å². The van der Waals surface area contributed by atoms with E-state index in [2.05, 4.69) is 10.6 Å². The van der Waals surface area contributed by atoms with E-state index in [1.54, 1.807) is 25.1 Å². The van der Waals surface area contributed by atoms with Crippen molar-refractivity contribution in [2.75, 3.05) is 5.32 Å². The molecule has 0 radical (unpaired) electrons. The third-order valence-electron chi connectivity index (χ3n) is 3.40. The van der Waals surface area contributed by atoms with E-state index in [0.29, 0.717) is 23.4 Å². The van der Waals surface area contributed by atoms with Crippen LogP contribution in [0.5, 0.6) is 0 Å². The summed E-state index contributed by atoms with van der Waals surface area (Å²) >= 11 is 0. The molecule has 110 valence electrons. The van der Waals surface area contributed by atoms with Crippen LogP contribution < -0.4 is 10.6 Å². The summed E-state index contributed by atoms with van der Waals surface area (Å²) in [6.45, 7) is 1.64.